The molecule has 3 aromatic rings. The van der Waals surface area contributed by atoms with Gasteiger partial charge in [-0.15, -0.1) is 5.10 Å². The molecule has 2 aromatic carbocycles. The Morgan fingerprint density at radius 1 is 1.00 bits per heavy atom. The fourth-order valence-corrected chi connectivity index (χ4v) is 5.22. The van der Waals surface area contributed by atoms with Crippen molar-refractivity contribution in [3.63, 3.8) is 0 Å². The summed E-state index contributed by atoms with van der Waals surface area (Å²) in [4.78, 5) is 14.4. The molecule has 2 heterocycles. The van der Waals surface area contributed by atoms with E-state index in [-0.39, 0.29) is 35.3 Å². The first-order valence-corrected chi connectivity index (χ1v) is 11.1. The zero-order valence-corrected chi connectivity index (χ0v) is 17.5. The molecule has 0 atom stereocenters. The molecule has 0 unspecified atom stereocenters. The lowest BCUT2D eigenvalue weighted by Crippen LogP contribution is -2.50. The number of hydrogen-bond acceptors (Lipinski definition) is 6. The van der Waals surface area contributed by atoms with Gasteiger partial charge in [-0.05, 0) is 40.3 Å². The number of tetrazole rings is 1. The highest BCUT2D eigenvalue weighted by Gasteiger charge is 2.31. The smallest absolute Gasteiger partial charge is 0.244 e. The molecule has 11 heteroatoms. The molecule has 9 nitrogen and oxygen atoms in total. The molecule has 1 saturated heterocycles. The summed E-state index contributed by atoms with van der Waals surface area (Å²) < 4.78 is 28.6. The Kier molecular flexibility index (Phi) is 5.80. The van der Waals surface area contributed by atoms with Crippen LogP contribution in [0.15, 0.2) is 59.8 Å². The Hall–Kier alpha value is -2.82. The molecule has 1 aliphatic heterocycles. The van der Waals surface area contributed by atoms with E-state index in [1.165, 1.54) is 21.4 Å². The first kappa shape index (κ1) is 20.5. The standard InChI is InChI=1S/C19H19ClN6O3S/c20-17-3-1-2-4-18(17)30(28,29)25-11-9-24(10-12-25)19(27)13-15-5-7-16(8-6-15)26-14-21-22-23-26/h1-8,14H,9-13H2. The van der Waals surface area contributed by atoms with E-state index < -0.39 is 10.0 Å². The zero-order chi connectivity index (χ0) is 21.1. The van der Waals surface area contributed by atoms with Gasteiger partial charge >= 0.3 is 0 Å². The molecular weight excluding hydrogens is 428 g/mol. The van der Waals surface area contributed by atoms with E-state index in [4.69, 9.17) is 11.6 Å². The lowest BCUT2D eigenvalue weighted by atomic mass is 10.1. The van der Waals surface area contributed by atoms with E-state index in [0.29, 0.717) is 13.1 Å². The van der Waals surface area contributed by atoms with Gasteiger partial charge in [-0.1, -0.05) is 35.9 Å². The van der Waals surface area contributed by atoms with E-state index in [1.807, 2.05) is 24.3 Å². The minimum absolute atomic E-state index is 0.0417. The lowest BCUT2D eigenvalue weighted by molar-refractivity contribution is -0.131. The van der Waals surface area contributed by atoms with E-state index in [2.05, 4.69) is 15.5 Å². The van der Waals surface area contributed by atoms with Crippen LogP contribution in [0.2, 0.25) is 5.02 Å². The van der Waals surface area contributed by atoms with Gasteiger partial charge in [-0.25, -0.2) is 13.1 Å². The molecular formula is C19H19ClN6O3S. The number of carbonyl (C=O) groups excluding carboxylic acids is 1. The largest absolute Gasteiger partial charge is 0.340 e. The van der Waals surface area contributed by atoms with Gasteiger partial charge in [-0.2, -0.15) is 4.31 Å². The summed E-state index contributed by atoms with van der Waals surface area (Å²) in [5, 5.41) is 11.2. The highest BCUT2D eigenvalue weighted by molar-refractivity contribution is 7.89. The second-order valence-electron chi connectivity index (χ2n) is 6.81. The highest BCUT2D eigenvalue weighted by Crippen LogP contribution is 2.25. The van der Waals surface area contributed by atoms with Gasteiger partial charge in [0.15, 0.2) is 0 Å². The van der Waals surface area contributed by atoms with Crippen LogP contribution in [0.1, 0.15) is 5.56 Å². The molecule has 0 bridgehead atoms. The van der Waals surface area contributed by atoms with Crippen LogP contribution in [0.5, 0.6) is 0 Å². The molecule has 0 aliphatic carbocycles. The Labute approximate surface area is 178 Å². The summed E-state index contributed by atoms with van der Waals surface area (Å²) in [6.45, 7) is 1.14. The van der Waals surface area contributed by atoms with Crippen molar-refractivity contribution < 1.29 is 13.2 Å². The molecule has 1 aliphatic rings. The Balaban J connectivity index is 1.36. The average Bonchev–Trinajstić information content (AvgIpc) is 3.29. The van der Waals surface area contributed by atoms with Crippen LogP contribution >= 0.6 is 11.6 Å². The van der Waals surface area contributed by atoms with Crippen molar-refractivity contribution in [2.24, 2.45) is 0 Å². The fourth-order valence-electron chi connectivity index (χ4n) is 3.30. The SMILES string of the molecule is O=C(Cc1ccc(-n2cnnn2)cc1)N1CCN(S(=O)(=O)c2ccccc2Cl)CC1. The molecule has 1 amide bonds. The number of benzene rings is 2. The first-order valence-electron chi connectivity index (χ1n) is 9.30. The summed E-state index contributed by atoms with van der Waals surface area (Å²) in [6.07, 6.45) is 1.74. The monoisotopic (exact) mass is 446 g/mol. The molecule has 30 heavy (non-hydrogen) atoms. The van der Waals surface area contributed by atoms with Crippen LogP contribution in [-0.2, 0) is 21.2 Å². The average molecular weight is 447 g/mol. The van der Waals surface area contributed by atoms with Crippen molar-refractivity contribution in [3.05, 3.63) is 65.4 Å². The number of halogens is 1. The number of carbonyl (C=O) groups is 1. The summed E-state index contributed by atoms with van der Waals surface area (Å²) in [5.41, 5.74) is 1.66. The molecule has 0 saturated carbocycles. The van der Waals surface area contributed by atoms with Crippen LogP contribution < -0.4 is 0 Å². The summed E-state index contributed by atoms with van der Waals surface area (Å²) in [6, 6.07) is 13.8. The van der Waals surface area contributed by atoms with Gasteiger partial charge in [0.1, 0.15) is 11.2 Å². The molecule has 4 rings (SSSR count). The fraction of sp³-hybridized carbons (Fsp3) is 0.263. The number of hydrogen-bond donors (Lipinski definition) is 0. The number of rotatable bonds is 5. The van der Waals surface area contributed by atoms with Crippen LogP contribution in [0.25, 0.3) is 5.69 Å². The van der Waals surface area contributed by atoms with Crippen molar-refractivity contribution in [2.75, 3.05) is 26.2 Å². The van der Waals surface area contributed by atoms with Crippen molar-refractivity contribution in [1.82, 2.24) is 29.4 Å². The normalized spacial score (nSPS) is 15.3. The minimum atomic E-state index is -3.68. The Morgan fingerprint density at radius 2 is 1.70 bits per heavy atom. The molecule has 156 valence electrons. The van der Waals surface area contributed by atoms with Crippen molar-refractivity contribution in [3.8, 4) is 5.69 Å². The number of nitrogens with zero attached hydrogens (tertiary/aromatic N) is 6. The summed E-state index contributed by atoms with van der Waals surface area (Å²) >= 11 is 6.06. The molecule has 1 aromatic heterocycles. The number of aromatic nitrogens is 4. The third-order valence-electron chi connectivity index (χ3n) is 4.95. The number of amides is 1. The first-order chi connectivity index (χ1) is 14.4. The van der Waals surface area contributed by atoms with E-state index in [0.717, 1.165) is 11.3 Å². The van der Waals surface area contributed by atoms with E-state index >= 15 is 0 Å². The zero-order valence-electron chi connectivity index (χ0n) is 15.9. The molecule has 0 radical (unpaired) electrons. The van der Waals surface area contributed by atoms with Crippen LogP contribution in [0.3, 0.4) is 0 Å². The van der Waals surface area contributed by atoms with Gasteiger partial charge in [0.2, 0.25) is 15.9 Å². The van der Waals surface area contributed by atoms with E-state index in [9.17, 15) is 13.2 Å². The predicted molar refractivity (Wildman–Crippen MR) is 110 cm³/mol. The minimum Gasteiger partial charge on any atom is -0.340 e. The highest BCUT2D eigenvalue weighted by atomic mass is 35.5. The third kappa shape index (κ3) is 4.20. The summed E-state index contributed by atoms with van der Waals surface area (Å²) in [5.74, 6) is -0.0417. The van der Waals surface area contributed by atoms with E-state index in [1.54, 1.807) is 23.1 Å². The number of piperazine rings is 1. The van der Waals surface area contributed by atoms with Gasteiger partial charge in [0, 0.05) is 26.2 Å². The molecule has 0 N–H and O–H groups in total. The van der Waals surface area contributed by atoms with Crippen LogP contribution in [-0.4, -0.2) is 69.9 Å². The van der Waals surface area contributed by atoms with Gasteiger partial charge in [0.25, 0.3) is 0 Å². The second-order valence-corrected chi connectivity index (χ2v) is 9.13. The van der Waals surface area contributed by atoms with Crippen LogP contribution in [0, 0.1) is 0 Å². The van der Waals surface area contributed by atoms with Gasteiger partial charge in [-0.3, -0.25) is 4.79 Å². The topological polar surface area (TPSA) is 101 Å². The van der Waals surface area contributed by atoms with Crippen molar-refractivity contribution in [1.29, 1.82) is 0 Å². The molecule has 1 fully saturated rings. The van der Waals surface area contributed by atoms with Crippen LogP contribution in [0.4, 0.5) is 0 Å². The second kappa shape index (κ2) is 8.50. The Morgan fingerprint density at radius 3 is 2.33 bits per heavy atom. The maximum atomic E-state index is 12.8. The summed E-state index contributed by atoms with van der Waals surface area (Å²) in [7, 11) is -3.68. The predicted octanol–water partition coefficient (Wildman–Crippen LogP) is 1.39. The Bertz CT molecular complexity index is 1130. The van der Waals surface area contributed by atoms with Gasteiger partial charge in [0.05, 0.1) is 17.1 Å². The van der Waals surface area contributed by atoms with Gasteiger partial charge < -0.3 is 4.90 Å². The number of sulfonamides is 1. The van der Waals surface area contributed by atoms with Crippen molar-refractivity contribution in [2.45, 2.75) is 11.3 Å². The van der Waals surface area contributed by atoms with Crippen molar-refractivity contribution >= 4 is 27.5 Å². The quantitative estimate of drug-likeness (QED) is 0.587. The maximum Gasteiger partial charge on any atom is 0.244 e. The third-order valence-corrected chi connectivity index (χ3v) is 7.35. The molecule has 0 spiro atoms. The lowest BCUT2D eigenvalue weighted by Gasteiger charge is -2.34. The maximum absolute atomic E-state index is 12.8.